The van der Waals surface area contributed by atoms with E-state index >= 15 is 0 Å². The number of amides is 1. The minimum absolute atomic E-state index is 0.133. The van der Waals surface area contributed by atoms with Crippen LogP contribution in [0.15, 0.2) is 18.2 Å². The van der Waals surface area contributed by atoms with Crippen molar-refractivity contribution in [1.29, 1.82) is 0 Å². The van der Waals surface area contributed by atoms with Gasteiger partial charge in [-0.1, -0.05) is 22.0 Å². The van der Waals surface area contributed by atoms with E-state index in [2.05, 4.69) is 15.9 Å². The van der Waals surface area contributed by atoms with Crippen molar-refractivity contribution in [2.45, 2.75) is 38.6 Å². The van der Waals surface area contributed by atoms with Crippen LogP contribution in [0.1, 0.15) is 36.8 Å². The lowest BCUT2D eigenvalue weighted by atomic mass is 9.96. The van der Waals surface area contributed by atoms with Gasteiger partial charge in [0.2, 0.25) is 5.91 Å². The summed E-state index contributed by atoms with van der Waals surface area (Å²) in [6.45, 7) is 1.47. The molecule has 0 aromatic heterocycles. The molecule has 0 atom stereocenters. The number of hydrogen-bond donors (Lipinski definition) is 0. The summed E-state index contributed by atoms with van der Waals surface area (Å²) in [4.78, 5) is 14.1. The highest BCUT2D eigenvalue weighted by Crippen LogP contribution is 2.51. The first kappa shape index (κ1) is 14.1. The van der Waals surface area contributed by atoms with Gasteiger partial charge in [0, 0.05) is 13.1 Å². The van der Waals surface area contributed by atoms with E-state index in [4.69, 9.17) is 0 Å². The van der Waals surface area contributed by atoms with E-state index < -0.39 is 0 Å². The van der Waals surface area contributed by atoms with Crippen LogP contribution in [0.25, 0.3) is 0 Å². The molecule has 1 aliphatic carbocycles. The molecule has 1 aromatic carbocycles. The second-order valence-corrected chi connectivity index (χ2v) is 6.71. The molecule has 1 aliphatic heterocycles. The smallest absolute Gasteiger partial charge is 0.233 e. The zero-order chi connectivity index (χ0) is 14.2. The highest BCUT2D eigenvalue weighted by molar-refractivity contribution is 9.09. The quantitative estimate of drug-likeness (QED) is 0.715. The summed E-state index contributed by atoms with van der Waals surface area (Å²) in [7, 11) is 0. The van der Waals surface area contributed by atoms with Gasteiger partial charge in [-0.25, -0.2) is 4.39 Å². The maximum atomic E-state index is 13.4. The van der Waals surface area contributed by atoms with Crippen molar-refractivity contribution >= 4 is 21.8 Å². The van der Waals surface area contributed by atoms with Crippen LogP contribution in [0, 0.1) is 11.2 Å². The van der Waals surface area contributed by atoms with E-state index in [0.717, 1.165) is 36.9 Å². The number of benzene rings is 1. The monoisotopic (exact) mass is 339 g/mol. The molecule has 1 fully saturated rings. The second kappa shape index (κ2) is 5.47. The molecule has 2 nitrogen and oxygen atoms in total. The van der Waals surface area contributed by atoms with Crippen LogP contribution in [-0.4, -0.2) is 22.7 Å². The van der Waals surface area contributed by atoms with Gasteiger partial charge in [0.25, 0.3) is 0 Å². The van der Waals surface area contributed by atoms with Gasteiger partial charge in [-0.2, -0.15) is 0 Å². The van der Waals surface area contributed by atoms with Crippen molar-refractivity contribution in [3.63, 3.8) is 0 Å². The normalized spacial score (nSPS) is 20.8. The zero-order valence-electron chi connectivity index (χ0n) is 11.5. The van der Waals surface area contributed by atoms with Crippen molar-refractivity contribution in [1.82, 2.24) is 4.90 Å². The number of hydrogen-bond acceptors (Lipinski definition) is 1. The Morgan fingerprint density at radius 3 is 2.80 bits per heavy atom. The molecule has 20 heavy (non-hydrogen) atoms. The van der Waals surface area contributed by atoms with Gasteiger partial charge in [0.05, 0.1) is 5.33 Å². The fourth-order valence-electron chi connectivity index (χ4n) is 3.23. The van der Waals surface area contributed by atoms with Gasteiger partial charge < -0.3 is 4.90 Å². The van der Waals surface area contributed by atoms with Crippen LogP contribution in [0.3, 0.4) is 0 Å². The molecule has 108 valence electrons. The third-order valence-electron chi connectivity index (χ3n) is 4.63. The van der Waals surface area contributed by atoms with Crippen LogP contribution < -0.4 is 0 Å². The van der Waals surface area contributed by atoms with Crippen LogP contribution in [-0.2, 0) is 17.8 Å². The molecule has 0 radical (unpaired) electrons. The van der Waals surface area contributed by atoms with Crippen LogP contribution in [0.2, 0.25) is 0 Å². The Hall–Kier alpha value is -0.900. The molecule has 1 heterocycles. The topological polar surface area (TPSA) is 20.3 Å². The predicted molar refractivity (Wildman–Crippen MR) is 80.2 cm³/mol. The molecule has 4 heteroatoms. The highest BCUT2D eigenvalue weighted by Gasteiger charge is 2.44. The summed E-state index contributed by atoms with van der Waals surface area (Å²) < 4.78 is 13.4. The van der Waals surface area contributed by atoms with Gasteiger partial charge in [-0.05, 0) is 60.8 Å². The molecule has 0 N–H and O–H groups in total. The summed E-state index contributed by atoms with van der Waals surface area (Å²) in [5, 5.41) is 0.361. The van der Waals surface area contributed by atoms with Gasteiger partial charge in [-0.15, -0.1) is 0 Å². The van der Waals surface area contributed by atoms with E-state index in [-0.39, 0.29) is 11.7 Å². The van der Waals surface area contributed by atoms with E-state index in [9.17, 15) is 9.18 Å². The SMILES string of the molecule is O=C(CBr)N1Cc2ccc(F)cc2CCCC2(CC2)C1. The third kappa shape index (κ3) is 2.90. The minimum atomic E-state index is -0.178. The molecular formula is C16H19BrFNO. The first-order chi connectivity index (χ1) is 9.62. The summed E-state index contributed by atoms with van der Waals surface area (Å²) in [6.07, 6.45) is 5.61. The fourth-order valence-corrected chi connectivity index (χ4v) is 3.58. The standard InChI is InChI=1S/C16H19BrFNO/c17-9-15(20)19-10-13-3-4-14(18)8-12(13)2-1-5-16(11-19)6-7-16/h3-4,8H,1-2,5-7,9-11H2. The van der Waals surface area contributed by atoms with Gasteiger partial charge >= 0.3 is 0 Å². The number of halogens is 2. The van der Waals surface area contributed by atoms with Crippen LogP contribution in [0.4, 0.5) is 4.39 Å². The number of aryl methyl sites for hydroxylation is 1. The highest BCUT2D eigenvalue weighted by atomic mass is 79.9. The van der Waals surface area contributed by atoms with Crippen molar-refractivity contribution < 1.29 is 9.18 Å². The number of carbonyl (C=O) groups excluding carboxylic acids is 1. The lowest BCUT2D eigenvalue weighted by Crippen LogP contribution is -2.36. The predicted octanol–water partition coefficient (Wildman–Crippen LogP) is 3.67. The van der Waals surface area contributed by atoms with E-state index in [1.165, 1.54) is 18.9 Å². The average molecular weight is 340 g/mol. The lowest BCUT2D eigenvalue weighted by Gasteiger charge is -2.26. The van der Waals surface area contributed by atoms with E-state index in [1.807, 2.05) is 11.0 Å². The van der Waals surface area contributed by atoms with Crippen LogP contribution >= 0.6 is 15.9 Å². The Morgan fingerprint density at radius 2 is 2.10 bits per heavy atom. The number of fused-ring (bicyclic) bond motifs is 1. The van der Waals surface area contributed by atoms with Gasteiger partial charge in [0.1, 0.15) is 5.82 Å². The Labute approximate surface area is 127 Å². The number of nitrogens with zero attached hydrogens (tertiary/aromatic N) is 1. The lowest BCUT2D eigenvalue weighted by molar-refractivity contribution is -0.129. The molecule has 1 aromatic rings. The summed E-state index contributed by atoms with van der Waals surface area (Å²) in [6, 6.07) is 4.97. The Kier molecular flexibility index (Phi) is 3.85. The fraction of sp³-hybridized carbons (Fsp3) is 0.562. The second-order valence-electron chi connectivity index (χ2n) is 6.15. The molecular weight excluding hydrogens is 321 g/mol. The summed E-state index contributed by atoms with van der Waals surface area (Å²) in [5.41, 5.74) is 2.51. The average Bonchev–Trinajstić information content (AvgIpc) is 3.17. The molecule has 3 rings (SSSR count). The zero-order valence-corrected chi connectivity index (χ0v) is 13.1. The maximum Gasteiger partial charge on any atom is 0.233 e. The van der Waals surface area contributed by atoms with Gasteiger partial charge in [0.15, 0.2) is 0 Å². The first-order valence-corrected chi connectivity index (χ1v) is 8.35. The number of rotatable bonds is 1. The molecule has 1 spiro atoms. The van der Waals surface area contributed by atoms with Crippen LogP contribution in [0.5, 0.6) is 0 Å². The summed E-state index contributed by atoms with van der Waals surface area (Å²) in [5.74, 6) is -0.0454. The van der Waals surface area contributed by atoms with Crippen molar-refractivity contribution in [2.75, 3.05) is 11.9 Å². The van der Waals surface area contributed by atoms with E-state index in [1.54, 1.807) is 6.07 Å². The Balaban J connectivity index is 1.90. The molecule has 0 bridgehead atoms. The first-order valence-electron chi connectivity index (χ1n) is 7.23. The molecule has 0 saturated heterocycles. The largest absolute Gasteiger partial charge is 0.337 e. The molecule has 1 amide bonds. The number of alkyl halides is 1. The number of carbonyl (C=O) groups is 1. The Bertz CT molecular complexity index is 527. The molecule has 0 unspecified atom stereocenters. The van der Waals surface area contributed by atoms with Gasteiger partial charge in [-0.3, -0.25) is 4.79 Å². The van der Waals surface area contributed by atoms with Crippen molar-refractivity contribution in [3.8, 4) is 0 Å². The molecule has 2 aliphatic rings. The minimum Gasteiger partial charge on any atom is -0.337 e. The maximum absolute atomic E-state index is 13.4. The van der Waals surface area contributed by atoms with E-state index in [0.29, 0.717) is 17.3 Å². The third-order valence-corrected chi connectivity index (χ3v) is 5.11. The van der Waals surface area contributed by atoms with Crippen molar-refractivity contribution in [2.24, 2.45) is 5.41 Å². The summed E-state index contributed by atoms with van der Waals surface area (Å²) >= 11 is 3.27. The Morgan fingerprint density at radius 1 is 1.30 bits per heavy atom. The molecule has 1 saturated carbocycles. The van der Waals surface area contributed by atoms with Crippen molar-refractivity contribution in [3.05, 3.63) is 35.1 Å².